The third-order valence-electron chi connectivity index (χ3n) is 0.686. The molecular weight excluding hydrogens is 121 g/mol. The molecule has 0 unspecified atom stereocenters. The summed E-state index contributed by atoms with van der Waals surface area (Å²) in [7, 11) is 1.04. The van der Waals surface area contributed by atoms with Gasteiger partial charge in [0.1, 0.15) is 0 Å². The van der Waals surface area contributed by atoms with E-state index >= 15 is 0 Å². The van der Waals surface area contributed by atoms with E-state index in [2.05, 4.69) is 0 Å². The highest BCUT2D eigenvalue weighted by Gasteiger charge is 2.29. The molecule has 0 nitrogen and oxygen atoms in total. The lowest BCUT2D eigenvalue weighted by Gasteiger charge is -2.20. The summed E-state index contributed by atoms with van der Waals surface area (Å²) in [5.41, 5.74) is -3.03. The van der Waals surface area contributed by atoms with E-state index in [1.54, 1.807) is 0 Å². The molecule has 3 heteroatoms. The van der Waals surface area contributed by atoms with Gasteiger partial charge in [-0.25, -0.2) is 0 Å². The molecule has 1 radical (unpaired) electrons. The number of hydrogen-bond donors (Lipinski definition) is 0. The van der Waals surface area contributed by atoms with Gasteiger partial charge in [-0.3, -0.25) is 8.78 Å². The molecule has 0 bridgehead atoms. The van der Waals surface area contributed by atoms with Gasteiger partial charge in [0.05, 0.1) is 11.1 Å². The average Bonchev–Trinajstić information content (AvgIpc) is 1.14. The van der Waals surface area contributed by atoms with Crippen molar-refractivity contribution in [3.63, 3.8) is 0 Å². The number of hydrogen-bond acceptors (Lipinski definition) is 0. The highest BCUT2D eigenvalue weighted by molar-refractivity contribution is 6.42. The van der Waals surface area contributed by atoms with Crippen LogP contribution in [0.2, 0.25) is 0 Å². The summed E-state index contributed by atoms with van der Waals surface area (Å²) in [6.45, 7) is 5.31. The highest BCUT2D eigenvalue weighted by atomic mass is 19.2. The first kappa shape index (κ1) is 8.92. The summed E-state index contributed by atoms with van der Waals surface area (Å²) >= 11 is 0. The molecular formula is C6H12BF2. The molecule has 0 saturated carbocycles. The van der Waals surface area contributed by atoms with E-state index in [0.29, 0.717) is 0 Å². The zero-order valence-electron chi connectivity index (χ0n) is 6.33. The van der Waals surface area contributed by atoms with Crippen molar-refractivity contribution >= 4 is 7.28 Å². The summed E-state index contributed by atoms with van der Waals surface area (Å²) < 4.78 is 25.2. The molecule has 0 aromatic carbocycles. The molecule has 0 aliphatic rings. The Hall–Kier alpha value is -0.0751. The summed E-state index contributed by atoms with van der Waals surface area (Å²) in [6, 6.07) is 0. The van der Waals surface area contributed by atoms with Gasteiger partial charge in [0.2, 0.25) is 7.28 Å². The second-order valence-corrected chi connectivity index (χ2v) is 3.27. The second kappa shape index (κ2) is 2.27. The average molecular weight is 133 g/mol. The summed E-state index contributed by atoms with van der Waals surface area (Å²) in [5, 5.41) is 0. The maximum atomic E-state index is 12.6. The third kappa shape index (κ3) is 7.92. The Morgan fingerprint density at radius 1 is 0.889 bits per heavy atom. The Kier molecular flexibility index (Phi) is 2.26. The number of halogens is 2. The maximum Gasteiger partial charge on any atom is 0.209 e. The standard InChI is InChI=1S/C6H12BF2/c1-5(2,8)7-6(3,4)9/h1-4H3. The van der Waals surface area contributed by atoms with Gasteiger partial charge in [0.15, 0.2) is 0 Å². The first-order chi connectivity index (χ1) is 3.71. The predicted molar refractivity (Wildman–Crippen MR) is 36.1 cm³/mol. The monoisotopic (exact) mass is 133 g/mol. The van der Waals surface area contributed by atoms with E-state index in [0.717, 1.165) is 7.28 Å². The van der Waals surface area contributed by atoms with Crippen molar-refractivity contribution in [1.82, 2.24) is 0 Å². The molecule has 0 spiro atoms. The van der Waals surface area contributed by atoms with Gasteiger partial charge in [-0.1, -0.05) is 0 Å². The molecule has 9 heavy (non-hydrogen) atoms. The Balaban J connectivity index is 3.75. The van der Waals surface area contributed by atoms with Crippen molar-refractivity contribution in [3.8, 4) is 0 Å². The fraction of sp³-hybridized carbons (Fsp3) is 1.00. The van der Waals surface area contributed by atoms with Crippen molar-refractivity contribution in [2.75, 3.05) is 0 Å². The third-order valence-corrected chi connectivity index (χ3v) is 0.686. The summed E-state index contributed by atoms with van der Waals surface area (Å²) in [5.74, 6) is 0. The van der Waals surface area contributed by atoms with Crippen LogP contribution in [-0.4, -0.2) is 18.4 Å². The first-order valence-electron chi connectivity index (χ1n) is 2.96. The molecule has 0 atom stereocenters. The smallest absolute Gasteiger partial charge is 0.209 e. The van der Waals surface area contributed by atoms with Crippen LogP contribution in [0.5, 0.6) is 0 Å². The largest absolute Gasteiger partial charge is 0.255 e. The molecule has 0 heterocycles. The predicted octanol–water partition coefficient (Wildman–Crippen LogP) is 2.10. The van der Waals surface area contributed by atoms with Gasteiger partial charge < -0.3 is 0 Å². The molecule has 0 aliphatic carbocycles. The van der Waals surface area contributed by atoms with Crippen molar-refractivity contribution in [2.24, 2.45) is 0 Å². The lowest BCUT2D eigenvalue weighted by molar-refractivity contribution is 0.274. The Labute approximate surface area is 55.9 Å². The highest BCUT2D eigenvalue weighted by Crippen LogP contribution is 2.16. The lowest BCUT2D eigenvalue weighted by atomic mass is 9.53. The maximum absolute atomic E-state index is 12.6. The van der Waals surface area contributed by atoms with E-state index in [4.69, 9.17) is 0 Å². The Bertz CT molecular complexity index is 76.2. The van der Waals surface area contributed by atoms with Gasteiger partial charge in [0.25, 0.3) is 0 Å². The molecule has 0 aromatic rings. The zero-order chi connectivity index (χ0) is 7.71. The van der Waals surface area contributed by atoms with Crippen LogP contribution in [0.15, 0.2) is 0 Å². The number of alkyl halides is 2. The van der Waals surface area contributed by atoms with Crippen LogP contribution >= 0.6 is 0 Å². The summed E-state index contributed by atoms with van der Waals surface area (Å²) in [4.78, 5) is 0. The Morgan fingerprint density at radius 3 is 1.11 bits per heavy atom. The molecule has 0 saturated heterocycles. The minimum atomic E-state index is -1.52. The van der Waals surface area contributed by atoms with Gasteiger partial charge in [-0.2, -0.15) is 0 Å². The van der Waals surface area contributed by atoms with Gasteiger partial charge in [-0.05, 0) is 27.7 Å². The van der Waals surface area contributed by atoms with Crippen molar-refractivity contribution in [2.45, 2.75) is 38.8 Å². The molecule has 0 aliphatic heterocycles. The van der Waals surface area contributed by atoms with Crippen LogP contribution in [0, 0.1) is 0 Å². The summed E-state index contributed by atoms with van der Waals surface area (Å²) in [6.07, 6.45) is 0. The van der Waals surface area contributed by atoms with Crippen LogP contribution in [0.4, 0.5) is 8.78 Å². The van der Waals surface area contributed by atoms with Gasteiger partial charge in [0, 0.05) is 0 Å². The quantitative estimate of drug-likeness (QED) is 0.506. The van der Waals surface area contributed by atoms with Crippen LogP contribution < -0.4 is 0 Å². The van der Waals surface area contributed by atoms with Crippen molar-refractivity contribution < 1.29 is 8.78 Å². The Morgan fingerprint density at radius 2 is 1.11 bits per heavy atom. The van der Waals surface area contributed by atoms with E-state index in [1.165, 1.54) is 27.7 Å². The van der Waals surface area contributed by atoms with Crippen molar-refractivity contribution in [3.05, 3.63) is 0 Å². The fourth-order valence-corrected chi connectivity index (χ4v) is 0.816. The van der Waals surface area contributed by atoms with Crippen LogP contribution in [-0.2, 0) is 0 Å². The second-order valence-electron chi connectivity index (χ2n) is 3.27. The van der Waals surface area contributed by atoms with E-state index < -0.39 is 11.1 Å². The zero-order valence-corrected chi connectivity index (χ0v) is 6.33. The SMILES string of the molecule is CC(C)(F)[B]C(C)(C)F. The number of rotatable bonds is 2. The topological polar surface area (TPSA) is 0 Å². The fourth-order valence-electron chi connectivity index (χ4n) is 0.816. The molecule has 0 aromatic heterocycles. The first-order valence-corrected chi connectivity index (χ1v) is 2.96. The minimum Gasteiger partial charge on any atom is -0.255 e. The van der Waals surface area contributed by atoms with E-state index in [-0.39, 0.29) is 0 Å². The molecule has 0 rings (SSSR count). The molecule has 0 N–H and O–H groups in total. The lowest BCUT2D eigenvalue weighted by Crippen LogP contribution is -2.37. The molecule has 0 fully saturated rings. The van der Waals surface area contributed by atoms with Crippen LogP contribution in [0.25, 0.3) is 0 Å². The van der Waals surface area contributed by atoms with Crippen molar-refractivity contribution in [1.29, 1.82) is 0 Å². The van der Waals surface area contributed by atoms with Crippen LogP contribution in [0.3, 0.4) is 0 Å². The molecule has 0 amide bonds. The van der Waals surface area contributed by atoms with Crippen LogP contribution in [0.1, 0.15) is 27.7 Å². The van der Waals surface area contributed by atoms with Gasteiger partial charge >= 0.3 is 0 Å². The minimum absolute atomic E-state index is 1.04. The van der Waals surface area contributed by atoms with E-state index in [1.807, 2.05) is 0 Å². The normalized spacial score (nSPS) is 13.6. The van der Waals surface area contributed by atoms with E-state index in [9.17, 15) is 8.78 Å². The van der Waals surface area contributed by atoms with Gasteiger partial charge in [-0.15, -0.1) is 0 Å². The molecule has 53 valence electrons.